The summed E-state index contributed by atoms with van der Waals surface area (Å²) in [5.41, 5.74) is 6.72. The van der Waals surface area contributed by atoms with E-state index in [0.717, 1.165) is 38.4 Å². The van der Waals surface area contributed by atoms with Crippen molar-refractivity contribution in [3.05, 3.63) is 29.6 Å². The number of methoxy groups -OCH3 is 1. The van der Waals surface area contributed by atoms with E-state index in [1.165, 1.54) is 18.9 Å². The fraction of sp³-hybridized carbons (Fsp3) is 0.647. The van der Waals surface area contributed by atoms with Crippen molar-refractivity contribution in [3.63, 3.8) is 0 Å². The molecule has 1 unspecified atom stereocenters. The summed E-state index contributed by atoms with van der Waals surface area (Å²) in [6, 6.07) is 4.55. The predicted octanol–water partition coefficient (Wildman–Crippen LogP) is 3.35. The third-order valence-corrected chi connectivity index (χ3v) is 4.11. The summed E-state index contributed by atoms with van der Waals surface area (Å²) in [6.45, 7) is 5.37. The van der Waals surface area contributed by atoms with Crippen LogP contribution in [-0.4, -0.2) is 31.6 Å². The third kappa shape index (κ3) is 4.68. The van der Waals surface area contributed by atoms with Crippen LogP contribution in [0.15, 0.2) is 18.2 Å². The molecule has 1 aliphatic rings. The number of hydrogen-bond acceptors (Lipinski definition) is 3. The lowest BCUT2D eigenvalue weighted by molar-refractivity contribution is 0.252. The minimum atomic E-state index is -0.320. The zero-order valence-electron chi connectivity index (χ0n) is 13.1. The van der Waals surface area contributed by atoms with Gasteiger partial charge in [-0.25, -0.2) is 4.39 Å². The normalized spacial score (nSPS) is 16.2. The molecule has 3 nitrogen and oxygen atoms in total. The molecule has 1 fully saturated rings. The maximum Gasteiger partial charge on any atom is 0.131 e. The number of rotatable bonds is 9. The quantitative estimate of drug-likeness (QED) is 0.759. The Hall–Kier alpha value is -1.13. The first kappa shape index (κ1) is 16.2. The van der Waals surface area contributed by atoms with E-state index in [2.05, 4.69) is 11.8 Å². The predicted molar refractivity (Wildman–Crippen MR) is 84.0 cm³/mol. The van der Waals surface area contributed by atoms with Gasteiger partial charge in [0.15, 0.2) is 0 Å². The van der Waals surface area contributed by atoms with Crippen molar-refractivity contribution in [2.45, 2.75) is 38.6 Å². The van der Waals surface area contributed by atoms with Crippen LogP contribution < -0.4 is 10.5 Å². The summed E-state index contributed by atoms with van der Waals surface area (Å²) in [4.78, 5) is 2.46. The van der Waals surface area contributed by atoms with Crippen LogP contribution in [0.2, 0.25) is 0 Å². The van der Waals surface area contributed by atoms with Crippen LogP contribution in [0, 0.1) is 11.7 Å². The topological polar surface area (TPSA) is 38.5 Å². The van der Waals surface area contributed by atoms with Crippen LogP contribution in [0.3, 0.4) is 0 Å². The largest absolute Gasteiger partial charge is 0.496 e. The highest BCUT2D eigenvalue weighted by Gasteiger charge is 2.24. The molecule has 0 aliphatic heterocycles. The van der Waals surface area contributed by atoms with Gasteiger partial charge in [-0.15, -0.1) is 0 Å². The molecule has 0 saturated heterocycles. The number of nitrogens with two attached hydrogens (primary N) is 1. The van der Waals surface area contributed by atoms with Gasteiger partial charge in [0.25, 0.3) is 0 Å². The molecule has 2 rings (SSSR count). The second-order valence-electron chi connectivity index (χ2n) is 5.99. The lowest BCUT2D eigenvalue weighted by Gasteiger charge is -2.24. The maximum atomic E-state index is 14.0. The van der Waals surface area contributed by atoms with E-state index in [-0.39, 0.29) is 11.9 Å². The van der Waals surface area contributed by atoms with E-state index < -0.39 is 0 Å². The van der Waals surface area contributed by atoms with Gasteiger partial charge < -0.3 is 15.4 Å². The molecule has 1 saturated carbocycles. The molecule has 0 bridgehead atoms. The minimum Gasteiger partial charge on any atom is -0.496 e. The first-order chi connectivity index (χ1) is 10.2. The molecule has 4 heteroatoms. The molecule has 1 atom stereocenters. The fourth-order valence-corrected chi connectivity index (χ4v) is 2.80. The van der Waals surface area contributed by atoms with Gasteiger partial charge in [-0.2, -0.15) is 0 Å². The lowest BCUT2D eigenvalue weighted by Crippen LogP contribution is -2.30. The van der Waals surface area contributed by atoms with Gasteiger partial charge in [0.1, 0.15) is 11.6 Å². The number of halogens is 1. The average Bonchev–Trinajstić information content (AvgIpc) is 3.28. The summed E-state index contributed by atoms with van der Waals surface area (Å²) >= 11 is 0. The second kappa shape index (κ2) is 7.76. The zero-order valence-corrected chi connectivity index (χ0v) is 13.1. The van der Waals surface area contributed by atoms with E-state index in [0.29, 0.717) is 11.3 Å². The zero-order chi connectivity index (χ0) is 15.2. The Balaban J connectivity index is 1.94. The fourth-order valence-electron chi connectivity index (χ4n) is 2.80. The molecule has 2 N–H and O–H groups in total. The van der Waals surface area contributed by atoms with E-state index >= 15 is 0 Å². The van der Waals surface area contributed by atoms with Crippen molar-refractivity contribution in [1.82, 2.24) is 4.90 Å². The van der Waals surface area contributed by atoms with Crippen LogP contribution >= 0.6 is 0 Å². The monoisotopic (exact) mass is 294 g/mol. The van der Waals surface area contributed by atoms with Crippen molar-refractivity contribution in [1.29, 1.82) is 0 Å². The SMILES string of the molecule is CCCN(CCC(N)c1c(F)cccc1OC)CC1CC1. The Morgan fingerprint density at radius 2 is 2.14 bits per heavy atom. The summed E-state index contributed by atoms with van der Waals surface area (Å²) in [7, 11) is 1.56. The van der Waals surface area contributed by atoms with Crippen LogP contribution in [0.1, 0.15) is 44.2 Å². The molecule has 0 radical (unpaired) electrons. The molecule has 0 amide bonds. The van der Waals surface area contributed by atoms with Crippen LogP contribution in [0.5, 0.6) is 5.75 Å². The van der Waals surface area contributed by atoms with E-state index in [1.807, 2.05) is 0 Å². The number of ether oxygens (including phenoxy) is 1. The molecule has 21 heavy (non-hydrogen) atoms. The van der Waals surface area contributed by atoms with Gasteiger partial charge in [0.05, 0.1) is 7.11 Å². The summed E-state index contributed by atoms with van der Waals surface area (Å²) in [5, 5.41) is 0. The van der Waals surface area contributed by atoms with Crippen molar-refractivity contribution in [2.75, 3.05) is 26.7 Å². The van der Waals surface area contributed by atoms with E-state index in [1.54, 1.807) is 19.2 Å². The maximum absolute atomic E-state index is 14.0. The van der Waals surface area contributed by atoms with Gasteiger partial charge in [-0.1, -0.05) is 13.0 Å². The van der Waals surface area contributed by atoms with E-state index in [9.17, 15) is 4.39 Å². The first-order valence-electron chi connectivity index (χ1n) is 7.96. The van der Waals surface area contributed by atoms with Gasteiger partial charge in [0.2, 0.25) is 0 Å². The van der Waals surface area contributed by atoms with Crippen LogP contribution in [0.4, 0.5) is 4.39 Å². The Labute approximate surface area is 127 Å². The Morgan fingerprint density at radius 1 is 1.38 bits per heavy atom. The summed E-state index contributed by atoms with van der Waals surface area (Å²) in [6.07, 6.45) is 4.61. The Bertz CT molecular complexity index is 448. The van der Waals surface area contributed by atoms with Crippen molar-refractivity contribution >= 4 is 0 Å². The average molecular weight is 294 g/mol. The smallest absolute Gasteiger partial charge is 0.131 e. The standard InChI is InChI=1S/C17H27FN2O/c1-3-10-20(12-13-7-8-13)11-9-15(19)17-14(18)5-4-6-16(17)21-2/h4-6,13,15H,3,7-12,19H2,1-2H3. The lowest BCUT2D eigenvalue weighted by atomic mass is 10.0. The molecule has 1 aromatic carbocycles. The first-order valence-corrected chi connectivity index (χ1v) is 7.96. The molecule has 118 valence electrons. The molecule has 1 aromatic rings. The van der Waals surface area contributed by atoms with Crippen molar-refractivity contribution in [3.8, 4) is 5.75 Å². The summed E-state index contributed by atoms with van der Waals surface area (Å²) < 4.78 is 19.2. The Kier molecular flexibility index (Phi) is 6.00. The van der Waals surface area contributed by atoms with Gasteiger partial charge in [-0.05, 0) is 56.8 Å². The van der Waals surface area contributed by atoms with Gasteiger partial charge >= 0.3 is 0 Å². The van der Waals surface area contributed by atoms with Crippen molar-refractivity contribution < 1.29 is 9.13 Å². The third-order valence-electron chi connectivity index (χ3n) is 4.11. The number of nitrogens with zero attached hydrogens (tertiary/aromatic N) is 1. The molecular weight excluding hydrogens is 267 g/mol. The van der Waals surface area contributed by atoms with Crippen LogP contribution in [0.25, 0.3) is 0 Å². The van der Waals surface area contributed by atoms with Crippen LogP contribution in [-0.2, 0) is 0 Å². The van der Waals surface area contributed by atoms with Gasteiger partial charge in [0, 0.05) is 18.2 Å². The highest BCUT2D eigenvalue weighted by molar-refractivity contribution is 5.37. The molecule has 1 aliphatic carbocycles. The van der Waals surface area contributed by atoms with E-state index in [4.69, 9.17) is 10.5 Å². The highest BCUT2D eigenvalue weighted by Crippen LogP contribution is 2.31. The molecule has 0 spiro atoms. The highest BCUT2D eigenvalue weighted by atomic mass is 19.1. The molecule has 0 heterocycles. The summed E-state index contributed by atoms with van der Waals surface area (Å²) in [5.74, 6) is 1.15. The van der Waals surface area contributed by atoms with Crippen molar-refractivity contribution in [2.24, 2.45) is 11.7 Å². The van der Waals surface area contributed by atoms with Gasteiger partial charge in [-0.3, -0.25) is 0 Å². The minimum absolute atomic E-state index is 0.272. The number of hydrogen-bond donors (Lipinski definition) is 1. The molecular formula is C17H27FN2O. The number of benzene rings is 1. The Morgan fingerprint density at radius 3 is 2.76 bits per heavy atom. The second-order valence-corrected chi connectivity index (χ2v) is 5.99. The molecule has 0 aromatic heterocycles.